The van der Waals surface area contributed by atoms with Crippen LogP contribution in [-0.4, -0.2) is 9.97 Å². The van der Waals surface area contributed by atoms with Crippen molar-refractivity contribution in [1.29, 1.82) is 0 Å². The fourth-order valence-corrected chi connectivity index (χ4v) is 10.6. The zero-order valence-corrected chi connectivity index (χ0v) is 39.0. The zero-order chi connectivity index (χ0) is 45.0. The van der Waals surface area contributed by atoms with E-state index in [-0.39, 0.29) is 10.8 Å². The number of aromatic nitrogens is 2. The van der Waals surface area contributed by atoms with Gasteiger partial charge in [-0.05, 0) is 122 Å². The smallest absolute Gasteiger partial charge is 0.0509 e. The van der Waals surface area contributed by atoms with E-state index in [4.69, 9.17) is 0 Å². The van der Waals surface area contributed by atoms with Crippen LogP contribution in [0.4, 0.5) is 0 Å². The molecule has 2 nitrogen and oxygen atoms in total. The molecule has 0 unspecified atom stereocenters. The minimum atomic E-state index is -0.0115. The van der Waals surface area contributed by atoms with Gasteiger partial charge in [0.05, 0.1) is 11.4 Å². The largest absolute Gasteiger partial charge is 0.354 e. The van der Waals surface area contributed by atoms with Crippen LogP contribution >= 0.6 is 0 Å². The van der Waals surface area contributed by atoms with E-state index in [1.54, 1.807) is 0 Å². The summed E-state index contributed by atoms with van der Waals surface area (Å²) in [5.74, 6) is 0.659. The number of benzene rings is 8. The average Bonchev–Trinajstić information content (AvgIpc) is 4.04. The quantitative estimate of drug-likeness (QED) is 0.177. The molecule has 2 heteroatoms. The Morgan fingerprint density at radius 2 is 0.877 bits per heavy atom. The molecule has 0 saturated carbocycles. The highest BCUT2D eigenvalue weighted by atomic mass is 14.8. The van der Waals surface area contributed by atoms with Crippen molar-refractivity contribution in [3.05, 3.63) is 227 Å². The summed E-state index contributed by atoms with van der Waals surface area (Å²) < 4.78 is 0. The molecule has 0 saturated heterocycles. The second-order valence-electron chi connectivity index (χ2n) is 19.4. The highest BCUT2D eigenvalue weighted by Gasteiger charge is 2.39. The van der Waals surface area contributed by atoms with Crippen molar-refractivity contribution in [2.24, 2.45) is 0 Å². The summed E-state index contributed by atoms with van der Waals surface area (Å²) >= 11 is 0. The molecule has 65 heavy (non-hydrogen) atoms. The van der Waals surface area contributed by atoms with Gasteiger partial charge in [-0.25, -0.2) is 0 Å². The summed E-state index contributed by atoms with van der Waals surface area (Å²) in [4.78, 5) is 7.37. The lowest BCUT2D eigenvalue weighted by molar-refractivity contribution is 0.666. The summed E-state index contributed by atoms with van der Waals surface area (Å²) in [6, 6.07) is 67.9. The summed E-state index contributed by atoms with van der Waals surface area (Å²) in [5.41, 5.74) is 25.1. The van der Waals surface area contributed by atoms with Crippen molar-refractivity contribution in [2.75, 3.05) is 0 Å². The van der Waals surface area contributed by atoms with Crippen LogP contribution < -0.4 is 0 Å². The Morgan fingerprint density at radius 1 is 0.369 bits per heavy atom. The summed E-state index contributed by atoms with van der Waals surface area (Å²) in [6.45, 7) is 18.2. The van der Waals surface area contributed by atoms with Crippen LogP contribution in [0, 0.1) is 13.8 Å². The standard InChI is InChI=1S/C31H27N.C23H19N.C9H12/c1-19-9-5-6-10-23(19)25-17-21(14-13-20(25)2)22-15-16-28-26(18-22)29-30(32-28)24-11-7-8-12-27(24)31(29,3)4;1-23(2)19-14-16(15-8-4-3-5-9-15)12-13-17(19)22-21(23)18-10-6-7-11-20(18)24-22;1-8(2)9-6-4-3-5-7-9/h5-18,32H,1-4H3;3-14,24H,1-2H3;3-8H,1-2H3. The number of H-pyrrole nitrogens is 2. The van der Waals surface area contributed by atoms with Crippen LogP contribution in [-0.2, 0) is 10.8 Å². The maximum Gasteiger partial charge on any atom is 0.0509 e. The predicted octanol–water partition coefficient (Wildman–Crippen LogP) is 17.4. The normalized spacial score (nSPS) is 13.6. The lowest BCUT2D eigenvalue weighted by atomic mass is 9.80. The van der Waals surface area contributed by atoms with Gasteiger partial charge in [0.1, 0.15) is 0 Å². The Balaban J connectivity index is 0.000000132. The maximum atomic E-state index is 3.72. The van der Waals surface area contributed by atoms with Crippen molar-refractivity contribution in [3.63, 3.8) is 0 Å². The fraction of sp³-hybridized carbons (Fsp3) is 0.175. The fourth-order valence-electron chi connectivity index (χ4n) is 10.6. The number of aromatic amines is 2. The minimum Gasteiger partial charge on any atom is -0.354 e. The number of aryl methyl sites for hydroxylation is 2. The molecule has 2 heterocycles. The summed E-state index contributed by atoms with van der Waals surface area (Å²) in [5, 5.41) is 2.67. The van der Waals surface area contributed by atoms with E-state index in [9.17, 15) is 0 Å². The molecule has 0 atom stereocenters. The molecular formula is C63H58N2. The Kier molecular flexibility index (Phi) is 10.6. The Morgan fingerprint density at radius 3 is 1.58 bits per heavy atom. The molecule has 0 bridgehead atoms. The van der Waals surface area contributed by atoms with Gasteiger partial charge in [-0.2, -0.15) is 0 Å². The number of rotatable bonds is 4. The first-order valence-corrected chi connectivity index (χ1v) is 23.2. The Labute approximate surface area is 385 Å². The van der Waals surface area contributed by atoms with E-state index in [2.05, 4.69) is 247 Å². The highest BCUT2D eigenvalue weighted by Crippen LogP contribution is 2.53. The molecule has 2 aliphatic rings. The minimum absolute atomic E-state index is 0.00899. The molecule has 0 fully saturated rings. The second kappa shape index (κ2) is 16.4. The molecule has 2 aliphatic carbocycles. The van der Waals surface area contributed by atoms with E-state index >= 15 is 0 Å². The SMILES string of the molecule is CC(C)c1ccccc1.CC1(C)c2cc(-c3ccccc3)ccc2-c2[nH]c3ccccc3c21.Cc1ccccc1-c1cc(-c2ccc3[nH]c4c(c3c2)C(C)(C)c2ccccc2-4)ccc1C. The van der Waals surface area contributed by atoms with Crippen LogP contribution in [0.1, 0.15) is 86.4 Å². The van der Waals surface area contributed by atoms with Crippen LogP contribution in [0.5, 0.6) is 0 Å². The van der Waals surface area contributed by atoms with Crippen molar-refractivity contribution in [3.8, 4) is 55.9 Å². The van der Waals surface area contributed by atoms with E-state index in [1.807, 2.05) is 6.07 Å². The number of hydrogen-bond acceptors (Lipinski definition) is 0. The third-order valence-electron chi connectivity index (χ3n) is 14.2. The first-order valence-electron chi connectivity index (χ1n) is 23.2. The number of nitrogens with one attached hydrogen (secondary N) is 2. The molecule has 0 amide bonds. The van der Waals surface area contributed by atoms with Crippen LogP contribution in [0.25, 0.3) is 77.7 Å². The molecular weight excluding hydrogens is 785 g/mol. The van der Waals surface area contributed by atoms with E-state index in [0.717, 1.165) is 0 Å². The molecule has 2 N–H and O–H groups in total. The van der Waals surface area contributed by atoms with Crippen molar-refractivity contribution < 1.29 is 0 Å². The van der Waals surface area contributed by atoms with Gasteiger partial charge in [-0.15, -0.1) is 0 Å². The predicted molar refractivity (Wildman–Crippen MR) is 278 cm³/mol. The molecule has 0 radical (unpaired) electrons. The lowest BCUT2D eigenvalue weighted by Gasteiger charge is -2.22. The van der Waals surface area contributed by atoms with Gasteiger partial charge < -0.3 is 9.97 Å². The first kappa shape index (κ1) is 41.8. The summed E-state index contributed by atoms with van der Waals surface area (Å²) in [6.07, 6.45) is 0. The Bertz CT molecular complexity index is 3360. The van der Waals surface area contributed by atoms with E-state index < -0.39 is 0 Å². The van der Waals surface area contributed by atoms with Gasteiger partial charge >= 0.3 is 0 Å². The molecule has 12 rings (SSSR count). The molecule has 8 aromatic carbocycles. The Hall–Kier alpha value is -7.16. The average molecular weight is 843 g/mol. The third-order valence-corrected chi connectivity index (χ3v) is 14.2. The van der Waals surface area contributed by atoms with Gasteiger partial charge in [0.15, 0.2) is 0 Å². The topological polar surface area (TPSA) is 31.6 Å². The third kappa shape index (κ3) is 7.32. The summed E-state index contributed by atoms with van der Waals surface area (Å²) in [7, 11) is 0. The second-order valence-corrected chi connectivity index (χ2v) is 19.4. The van der Waals surface area contributed by atoms with E-state index in [1.165, 1.54) is 117 Å². The van der Waals surface area contributed by atoms with Crippen molar-refractivity contribution in [2.45, 2.75) is 72.1 Å². The lowest BCUT2D eigenvalue weighted by Crippen LogP contribution is -2.15. The first-order chi connectivity index (χ1) is 31.4. The number of fused-ring (bicyclic) bond motifs is 10. The van der Waals surface area contributed by atoms with Gasteiger partial charge in [-0.3, -0.25) is 0 Å². The van der Waals surface area contributed by atoms with Gasteiger partial charge in [-0.1, -0.05) is 199 Å². The number of hydrogen-bond donors (Lipinski definition) is 2. The van der Waals surface area contributed by atoms with Gasteiger partial charge in [0.25, 0.3) is 0 Å². The van der Waals surface area contributed by atoms with Crippen molar-refractivity contribution in [1.82, 2.24) is 9.97 Å². The zero-order valence-electron chi connectivity index (χ0n) is 39.0. The van der Waals surface area contributed by atoms with Gasteiger partial charge in [0.2, 0.25) is 0 Å². The van der Waals surface area contributed by atoms with Gasteiger partial charge in [0, 0.05) is 43.8 Å². The molecule has 0 spiro atoms. The molecule has 320 valence electrons. The molecule has 2 aromatic heterocycles. The monoisotopic (exact) mass is 842 g/mol. The maximum absolute atomic E-state index is 3.72. The molecule has 0 aliphatic heterocycles. The van der Waals surface area contributed by atoms with Crippen molar-refractivity contribution >= 4 is 21.8 Å². The molecule has 10 aromatic rings. The number of para-hydroxylation sites is 1. The highest BCUT2D eigenvalue weighted by molar-refractivity contribution is 5.99. The van der Waals surface area contributed by atoms with Crippen LogP contribution in [0.2, 0.25) is 0 Å². The van der Waals surface area contributed by atoms with Crippen LogP contribution in [0.3, 0.4) is 0 Å². The van der Waals surface area contributed by atoms with Crippen LogP contribution in [0.15, 0.2) is 188 Å². The van der Waals surface area contributed by atoms with E-state index in [0.29, 0.717) is 5.92 Å².